The van der Waals surface area contributed by atoms with Gasteiger partial charge in [0.25, 0.3) is 5.69 Å². The Morgan fingerprint density at radius 2 is 1.93 bits per heavy atom. The quantitative estimate of drug-likeness (QED) is 0.283. The third-order valence-electron chi connectivity index (χ3n) is 4.02. The van der Waals surface area contributed by atoms with E-state index in [1.54, 1.807) is 19.1 Å². The number of nitro groups is 1. The van der Waals surface area contributed by atoms with Crippen molar-refractivity contribution in [3.63, 3.8) is 0 Å². The normalized spacial score (nSPS) is 10.6. The summed E-state index contributed by atoms with van der Waals surface area (Å²) in [5.41, 5.74) is 2.57. The fraction of sp³-hybridized carbons (Fsp3) is 0.167. The zero-order valence-corrected chi connectivity index (χ0v) is 16.1. The average molecular weight is 398 g/mol. The molecular formula is C18H18N6O3S. The maximum atomic E-state index is 12.3. The maximum absolute atomic E-state index is 12.3. The van der Waals surface area contributed by atoms with Crippen LogP contribution in [0.2, 0.25) is 0 Å². The van der Waals surface area contributed by atoms with E-state index in [4.69, 9.17) is 5.84 Å². The van der Waals surface area contributed by atoms with Gasteiger partial charge in [0.05, 0.1) is 10.7 Å². The van der Waals surface area contributed by atoms with E-state index in [1.807, 2.05) is 31.2 Å². The van der Waals surface area contributed by atoms with Gasteiger partial charge in [0.2, 0.25) is 11.1 Å². The lowest BCUT2D eigenvalue weighted by Crippen LogP contribution is -2.17. The number of benzene rings is 2. The summed E-state index contributed by atoms with van der Waals surface area (Å²) in [6.07, 6.45) is 0. The molecule has 0 bridgehead atoms. The summed E-state index contributed by atoms with van der Waals surface area (Å²) in [6.45, 7) is 3.68. The van der Waals surface area contributed by atoms with Crippen LogP contribution in [0.15, 0.2) is 47.6 Å². The Labute approximate surface area is 165 Å². The Bertz CT molecular complexity index is 1030. The van der Waals surface area contributed by atoms with Gasteiger partial charge in [-0.2, -0.15) is 0 Å². The monoisotopic (exact) mass is 398 g/mol. The maximum Gasteiger partial charge on any atom is 0.293 e. The highest BCUT2D eigenvalue weighted by Gasteiger charge is 2.19. The first-order chi connectivity index (χ1) is 13.4. The number of amides is 1. The molecule has 1 aromatic heterocycles. The number of carbonyl (C=O) groups excluding carboxylic acids is 1. The van der Waals surface area contributed by atoms with Crippen LogP contribution in [-0.4, -0.2) is 31.5 Å². The van der Waals surface area contributed by atoms with Gasteiger partial charge in [0.1, 0.15) is 5.69 Å². The molecule has 9 nitrogen and oxygen atoms in total. The highest BCUT2D eigenvalue weighted by molar-refractivity contribution is 7.99. The molecule has 144 valence electrons. The van der Waals surface area contributed by atoms with Crippen LogP contribution in [0.4, 0.5) is 11.4 Å². The number of hydrogen-bond donors (Lipinski definition) is 2. The highest BCUT2D eigenvalue weighted by Crippen LogP contribution is 2.28. The first-order valence-electron chi connectivity index (χ1n) is 8.31. The van der Waals surface area contributed by atoms with Crippen molar-refractivity contribution >= 4 is 29.0 Å². The third kappa shape index (κ3) is 4.12. The molecular weight excluding hydrogens is 380 g/mol. The van der Waals surface area contributed by atoms with Crippen molar-refractivity contribution in [1.82, 2.24) is 14.9 Å². The predicted molar refractivity (Wildman–Crippen MR) is 108 cm³/mol. The lowest BCUT2D eigenvalue weighted by Gasteiger charge is -2.08. The van der Waals surface area contributed by atoms with E-state index in [-0.39, 0.29) is 17.1 Å². The Morgan fingerprint density at radius 3 is 2.61 bits per heavy atom. The minimum atomic E-state index is -0.528. The Hall–Kier alpha value is -3.40. The van der Waals surface area contributed by atoms with Gasteiger partial charge >= 0.3 is 0 Å². The number of anilines is 1. The number of hydrogen-bond acceptors (Lipinski definition) is 7. The van der Waals surface area contributed by atoms with Crippen LogP contribution in [0.25, 0.3) is 11.4 Å². The number of thioether (sulfide) groups is 1. The van der Waals surface area contributed by atoms with Gasteiger partial charge in [-0.05, 0) is 19.4 Å². The number of para-hydroxylation sites is 1. The van der Waals surface area contributed by atoms with Crippen molar-refractivity contribution in [3.8, 4) is 11.4 Å². The highest BCUT2D eigenvalue weighted by atomic mass is 32.2. The smallest absolute Gasteiger partial charge is 0.293 e. The van der Waals surface area contributed by atoms with Crippen LogP contribution in [0.3, 0.4) is 0 Å². The van der Waals surface area contributed by atoms with Gasteiger partial charge < -0.3 is 11.2 Å². The second kappa shape index (κ2) is 8.09. The fourth-order valence-corrected chi connectivity index (χ4v) is 3.20. The number of nitrogens with zero attached hydrogens (tertiary/aromatic N) is 4. The molecule has 0 atom stereocenters. The number of rotatable bonds is 6. The number of nitro benzene ring substituents is 1. The van der Waals surface area contributed by atoms with E-state index >= 15 is 0 Å². The molecule has 0 fully saturated rings. The number of aromatic nitrogens is 3. The Morgan fingerprint density at radius 1 is 1.21 bits per heavy atom. The molecule has 0 aliphatic rings. The largest absolute Gasteiger partial charge is 0.335 e. The lowest BCUT2D eigenvalue weighted by atomic mass is 10.1. The number of nitrogen functional groups attached to an aromatic ring is 1. The summed E-state index contributed by atoms with van der Waals surface area (Å²) in [4.78, 5) is 22.9. The molecule has 3 rings (SSSR count). The number of aryl methyl sites for hydroxylation is 2. The van der Waals surface area contributed by atoms with Crippen LogP contribution >= 0.6 is 11.8 Å². The van der Waals surface area contributed by atoms with Crippen LogP contribution in [-0.2, 0) is 4.79 Å². The van der Waals surface area contributed by atoms with Crippen LogP contribution in [0.5, 0.6) is 0 Å². The first-order valence-corrected chi connectivity index (χ1v) is 9.29. The van der Waals surface area contributed by atoms with Crippen molar-refractivity contribution < 1.29 is 9.72 Å². The molecule has 1 amide bonds. The number of carbonyl (C=O) groups is 1. The molecule has 0 radical (unpaired) electrons. The van der Waals surface area contributed by atoms with Crippen molar-refractivity contribution in [2.45, 2.75) is 19.0 Å². The van der Waals surface area contributed by atoms with Crippen molar-refractivity contribution in [2.24, 2.45) is 0 Å². The average Bonchev–Trinajstić information content (AvgIpc) is 3.02. The SMILES string of the molecule is Cc1ccc(-c2nnc(SCC(=O)Nc3c(C)cccc3[N+](=O)[O-])n2N)cc1. The molecule has 10 heteroatoms. The van der Waals surface area contributed by atoms with Crippen molar-refractivity contribution in [1.29, 1.82) is 0 Å². The van der Waals surface area contributed by atoms with E-state index in [1.165, 1.54) is 10.7 Å². The second-order valence-electron chi connectivity index (χ2n) is 6.11. The van der Waals surface area contributed by atoms with E-state index in [0.717, 1.165) is 22.9 Å². The first kappa shape index (κ1) is 19.4. The van der Waals surface area contributed by atoms with Crippen LogP contribution in [0, 0.1) is 24.0 Å². The molecule has 1 heterocycles. The standard InChI is InChI=1S/C18H18N6O3S/c1-11-6-8-13(9-7-11)17-21-22-18(23(17)19)28-10-15(25)20-16-12(2)4-3-5-14(16)24(26)27/h3-9H,10,19H2,1-2H3,(H,20,25). The van der Waals surface area contributed by atoms with Gasteiger partial charge in [-0.15, -0.1) is 10.2 Å². The van der Waals surface area contributed by atoms with Crippen LogP contribution in [0.1, 0.15) is 11.1 Å². The summed E-state index contributed by atoms with van der Waals surface area (Å²) >= 11 is 1.10. The number of nitrogens with one attached hydrogen (secondary N) is 1. The third-order valence-corrected chi connectivity index (χ3v) is 4.96. The van der Waals surface area contributed by atoms with E-state index in [9.17, 15) is 14.9 Å². The van der Waals surface area contributed by atoms with E-state index in [0.29, 0.717) is 16.5 Å². The van der Waals surface area contributed by atoms with Gasteiger partial charge in [-0.3, -0.25) is 14.9 Å². The zero-order chi connectivity index (χ0) is 20.3. The predicted octanol–water partition coefficient (Wildman–Crippen LogP) is 2.91. The number of nitrogens with two attached hydrogens (primary N) is 1. The molecule has 0 saturated heterocycles. The molecule has 2 aromatic carbocycles. The van der Waals surface area contributed by atoms with Gasteiger partial charge in [-0.1, -0.05) is 53.7 Å². The van der Waals surface area contributed by atoms with E-state index < -0.39 is 10.8 Å². The summed E-state index contributed by atoms with van der Waals surface area (Å²) in [5, 5.41) is 22.2. The van der Waals surface area contributed by atoms with Gasteiger partial charge in [0, 0.05) is 11.6 Å². The Kier molecular flexibility index (Phi) is 5.59. The molecule has 0 unspecified atom stereocenters. The minimum absolute atomic E-state index is 0.0191. The molecule has 3 aromatic rings. The second-order valence-corrected chi connectivity index (χ2v) is 7.05. The molecule has 0 saturated carbocycles. The van der Waals surface area contributed by atoms with Gasteiger partial charge in [-0.25, -0.2) is 4.68 Å². The summed E-state index contributed by atoms with van der Waals surface area (Å²) in [7, 11) is 0. The molecule has 3 N–H and O–H groups in total. The van der Waals surface area contributed by atoms with Crippen molar-refractivity contribution in [3.05, 3.63) is 63.7 Å². The molecule has 0 spiro atoms. The molecule has 0 aliphatic carbocycles. The summed E-state index contributed by atoms with van der Waals surface area (Å²) in [6, 6.07) is 12.3. The van der Waals surface area contributed by atoms with Crippen molar-refractivity contribution in [2.75, 3.05) is 16.9 Å². The van der Waals surface area contributed by atoms with E-state index in [2.05, 4.69) is 15.5 Å². The lowest BCUT2D eigenvalue weighted by molar-refractivity contribution is -0.384. The van der Waals surface area contributed by atoms with Crippen LogP contribution < -0.4 is 11.2 Å². The Balaban J connectivity index is 1.69. The zero-order valence-electron chi connectivity index (χ0n) is 15.2. The topological polar surface area (TPSA) is 129 Å². The summed E-state index contributed by atoms with van der Waals surface area (Å²) in [5.74, 6) is 6.11. The molecule has 28 heavy (non-hydrogen) atoms. The van der Waals surface area contributed by atoms with Gasteiger partial charge in [0.15, 0.2) is 5.82 Å². The fourth-order valence-electron chi connectivity index (χ4n) is 2.55. The molecule has 0 aliphatic heterocycles. The minimum Gasteiger partial charge on any atom is -0.335 e. The summed E-state index contributed by atoms with van der Waals surface area (Å²) < 4.78 is 1.32.